The number of hydrogen-bond acceptors (Lipinski definition) is 6. The Balaban J connectivity index is 1.59. The number of hydrogen-bond donors (Lipinski definition) is 1. The summed E-state index contributed by atoms with van der Waals surface area (Å²) < 4.78 is 61.2. The Labute approximate surface area is 196 Å². The van der Waals surface area contributed by atoms with E-state index in [1.54, 1.807) is 18.7 Å². The van der Waals surface area contributed by atoms with Crippen molar-refractivity contribution >= 4 is 33.5 Å². The van der Waals surface area contributed by atoms with Crippen LogP contribution in [0.4, 0.5) is 23.4 Å². The smallest absolute Gasteiger partial charge is 0.383 e. The summed E-state index contributed by atoms with van der Waals surface area (Å²) >= 11 is 0. The number of benzene rings is 1. The first-order valence-corrected chi connectivity index (χ1v) is 10.7. The quantitative estimate of drug-likeness (QED) is 0.431. The van der Waals surface area contributed by atoms with Gasteiger partial charge in [-0.2, -0.15) is 18.3 Å². The van der Waals surface area contributed by atoms with Crippen LogP contribution in [-0.2, 0) is 18.0 Å². The molecule has 1 aliphatic heterocycles. The molecule has 0 saturated carbocycles. The molecule has 1 amide bonds. The zero-order valence-corrected chi connectivity index (χ0v) is 18.7. The molecular weight excluding hydrogens is 468 g/mol. The first kappa shape index (κ1) is 23.0. The van der Waals surface area contributed by atoms with Crippen LogP contribution in [0.25, 0.3) is 21.8 Å². The highest BCUT2D eigenvalue weighted by Crippen LogP contribution is 2.34. The van der Waals surface area contributed by atoms with Crippen LogP contribution < -0.4 is 5.73 Å². The molecule has 1 aromatic carbocycles. The van der Waals surface area contributed by atoms with Crippen LogP contribution >= 0.6 is 0 Å². The minimum absolute atomic E-state index is 0.00765. The standard InChI is InChI=1S/C23H20F4N6O2/c1-11-9-35-10-19(17-4-3-12(7-29-17)23(25,26)27)33(11)22(34)13-5-14-18(6-16(13)24)31-21(28)15-8-30-32(2)20(14)15/h3-8,11,19H,9-10H2,1-2H3,(H2,28,31)/t11-,19-/m1/s1. The van der Waals surface area contributed by atoms with E-state index in [4.69, 9.17) is 10.5 Å². The minimum Gasteiger partial charge on any atom is -0.383 e. The van der Waals surface area contributed by atoms with E-state index in [1.165, 1.54) is 23.2 Å². The molecule has 182 valence electrons. The molecule has 4 heterocycles. The molecule has 0 bridgehead atoms. The van der Waals surface area contributed by atoms with E-state index in [0.29, 0.717) is 22.5 Å². The number of morpholine rings is 1. The van der Waals surface area contributed by atoms with Crippen LogP contribution in [-0.4, -0.2) is 49.8 Å². The average molecular weight is 488 g/mol. The topological polar surface area (TPSA) is 99.2 Å². The first-order chi connectivity index (χ1) is 16.6. The maximum Gasteiger partial charge on any atom is 0.417 e. The van der Waals surface area contributed by atoms with Gasteiger partial charge in [0.05, 0.1) is 64.7 Å². The number of carbonyl (C=O) groups excluding carboxylic acids is 1. The lowest BCUT2D eigenvalue weighted by molar-refractivity contribution is -0.137. The van der Waals surface area contributed by atoms with Crippen LogP contribution in [0.3, 0.4) is 0 Å². The SMILES string of the molecule is C[C@@H]1COC[C@H](c2ccc(C(F)(F)F)cn2)N1C(=O)c1cc2c(cc1F)nc(N)c1cnn(C)c12. The van der Waals surface area contributed by atoms with Crippen molar-refractivity contribution in [3.63, 3.8) is 0 Å². The van der Waals surface area contributed by atoms with Crippen molar-refractivity contribution in [3.8, 4) is 0 Å². The second-order valence-corrected chi connectivity index (χ2v) is 8.46. The number of nitrogen functional groups attached to an aromatic ring is 1. The van der Waals surface area contributed by atoms with Crippen LogP contribution in [0.2, 0.25) is 0 Å². The van der Waals surface area contributed by atoms with Crippen molar-refractivity contribution < 1.29 is 27.1 Å². The van der Waals surface area contributed by atoms with E-state index in [-0.39, 0.29) is 35.8 Å². The van der Waals surface area contributed by atoms with Crippen molar-refractivity contribution in [3.05, 3.63) is 59.3 Å². The van der Waals surface area contributed by atoms with Crippen molar-refractivity contribution in [2.45, 2.75) is 25.2 Å². The van der Waals surface area contributed by atoms with Gasteiger partial charge in [0, 0.05) is 24.7 Å². The molecule has 0 radical (unpaired) electrons. The fraction of sp³-hybridized carbons (Fsp3) is 0.304. The van der Waals surface area contributed by atoms with E-state index < -0.39 is 35.5 Å². The average Bonchev–Trinajstić information content (AvgIpc) is 3.20. The molecule has 2 N–H and O–H groups in total. The Morgan fingerprint density at radius 1 is 1.17 bits per heavy atom. The molecule has 4 aromatic rings. The lowest BCUT2D eigenvalue weighted by Crippen LogP contribution is -2.49. The van der Waals surface area contributed by atoms with E-state index in [0.717, 1.165) is 12.1 Å². The number of nitrogens with zero attached hydrogens (tertiary/aromatic N) is 5. The summed E-state index contributed by atoms with van der Waals surface area (Å²) in [5.41, 5.74) is 5.94. The second kappa shape index (κ2) is 8.15. The number of nitrogens with two attached hydrogens (primary N) is 1. The monoisotopic (exact) mass is 488 g/mol. The predicted molar refractivity (Wildman–Crippen MR) is 119 cm³/mol. The predicted octanol–water partition coefficient (Wildman–Crippen LogP) is 3.86. The zero-order valence-electron chi connectivity index (χ0n) is 18.7. The third-order valence-corrected chi connectivity index (χ3v) is 6.16. The molecule has 35 heavy (non-hydrogen) atoms. The number of fused-ring (bicyclic) bond motifs is 3. The van der Waals surface area contributed by atoms with Gasteiger partial charge >= 0.3 is 6.18 Å². The van der Waals surface area contributed by atoms with Crippen LogP contribution in [0, 0.1) is 5.82 Å². The summed E-state index contributed by atoms with van der Waals surface area (Å²) in [5.74, 6) is -1.25. The van der Waals surface area contributed by atoms with Crippen molar-refractivity contribution in [2.75, 3.05) is 18.9 Å². The molecule has 1 fully saturated rings. The van der Waals surface area contributed by atoms with Crippen LogP contribution in [0.1, 0.15) is 34.6 Å². The number of rotatable bonds is 2. The number of halogens is 4. The molecule has 1 aliphatic rings. The summed E-state index contributed by atoms with van der Waals surface area (Å²) in [4.78, 5) is 23.2. The Bertz CT molecular complexity index is 1450. The molecule has 1 saturated heterocycles. The molecule has 5 rings (SSSR count). The largest absolute Gasteiger partial charge is 0.417 e. The number of ether oxygens (including phenoxy) is 1. The van der Waals surface area contributed by atoms with Crippen molar-refractivity contribution in [2.24, 2.45) is 7.05 Å². The molecule has 2 atom stereocenters. The van der Waals surface area contributed by atoms with Gasteiger partial charge in [-0.25, -0.2) is 9.37 Å². The van der Waals surface area contributed by atoms with Crippen LogP contribution in [0.15, 0.2) is 36.7 Å². The fourth-order valence-corrected chi connectivity index (χ4v) is 4.44. The number of pyridine rings is 2. The highest BCUT2D eigenvalue weighted by Gasteiger charge is 2.37. The zero-order chi connectivity index (χ0) is 25.1. The number of anilines is 1. The minimum atomic E-state index is -4.54. The first-order valence-electron chi connectivity index (χ1n) is 10.7. The van der Waals surface area contributed by atoms with Crippen molar-refractivity contribution in [1.29, 1.82) is 0 Å². The Morgan fingerprint density at radius 2 is 1.94 bits per heavy atom. The lowest BCUT2D eigenvalue weighted by Gasteiger charge is -2.40. The number of aromatic nitrogens is 4. The molecule has 0 aliphatic carbocycles. The Hall–Kier alpha value is -3.80. The van der Waals surface area contributed by atoms with Gasteiger partial charge in [-0.1, -0.05) is 0 Å². The van der Waals surface area contributed by atoms with Gasteiger partial charge in [-0.3, -0.25) is 14.5 Å². The molecule has 3 aromatic heterocycles. The number of amides is 1. The second-order valence-electron chi connectivity index (χ2n) is 8.46. The highest BCUT2D eigenvalue weighted by atomic mass is 19.4. The molecular formula is C23H20F4N6O2. The summed E-state index contributed by atoms with van der Waals surface area (Å²) in [5, 5.41) is 5.24. The lowest BCUT2D eigenvalue weighted by atomic mass is 10.0. The fourth-order valence-electron chi connectivity index (χ4n) is 4.44. The molecule has 0 unspecified atom stereocenters. The van der Waals surface area contributed by atoms with E-state index in [2.05, 4.69) is 15.1 Å². The third kappa shape index (κ3) is 3.83. The molecule has 8 nitrogen and oxygen atoms in total. The van der Waals surface area contributed by atoms with E-state index in [1.807, 2.05) is 0 Å². The molecule has 0 spiro atoms. The third-order valence-electron chi connectivity index (χ3n) is 6.16. The number of alkyl halides is 3. The van der Waals surface area contributed by atoms with Gasteiger partial charge in [-0.15, -0.1) is 0 Å². The number of aryl methyl sites for hydroxylation is 1. The summed E-state index contributed by atoms with van der Waals surface area (Å²) in [6.07, 6.45) is -2.29. The normalized spacial score (nSPS) is 19.0. The summed E-state index contributed by atoms with van der Waals surface area (Å²) in [7, 11) is 1.70. The van der Waals surface area contributed by atoms with Gasteiger partial charge in [0.25, 0.3) is 5.91 Å². The van der Waals surface area contributed by atoms with E-state index >= 15 is 4.39 Å². The molecule has 12 heteroatoms. The Kier molecular flexibility index (Phi) is 5.35. The van der Waals surface area contributed by atoms with Gasteiger partial charge in [-0.05, 0) is 25.1 Å². The Morgan fingerprint density at radius 3 is 2.63 bits per heavy atom. The van der Waals surface area contributed by atoms with Crippen molar-refractivity contribution in [1.82, 2.24) is 24.6 Å². The maximum atomic E-state index is 15.2. The summed E-state index contributed by atoms with van der Waals surface area (Å²) in [6, 6.07) is 3.37. The van der Waals surface area contributed by atoms with Gasteiger partial charge in [0.1, 0.15) is 11.6 Å². The van der Waals surface area contributed by atoms with Gasteiger partial charge < -0.3 is 15.4 Å². The van der Waals surface area contributed by atoms with Gasteiger partial charge in [0.15, 0.2) is 0 Å². The van der Waals surface area contributed by atoms with Crippen LogP contribution in [0.5, 0.6) is 0 Å². The summed E-state index contributed by atoms with van der Waals surface area (Å²) in [6.45, 7) is 1.91. The van der Waals surface area contributed by atoms with Gasteiger partial charge in [0.2, 0.25) is 0 Å². The number of carbonyl (C=O) groups is 1. The van der Waals surface area contributed by atoms with E-state index in [9.17, 15) is 18.0 Å². The highest BCUT2D eigenvalue weighted by molar-refractivity contribution is 6.10. The maximum absolute atomic E-state index is 15.2.